The first-order valence-electron chi connectivity index (χ1n) is 11.1. The van der Waals surface area contributed by atoms with Crippen LogP contribution in [0.5, 0.6) is 0 Å². The zero-order chi connectivity index (χ0) is 22.8. The summed E-state index contributed by atoms with van der Waals surface area (Å²) >= 11 is 0. The molecule has 0 bridgehead atoms. The number of aliphatic imine (C=N–C) groups is 1. The first kappa shape index (κ1) is 24.7. The highest BCUT2D eigenvalue weighted by molar-refractivity contribution is 5.93. The van der Waals surface area contributed by atoms with Crippen molar-refractivity contribution in [3.05, 3.63) is 35.4 Å². The molecule has 0 aromatic heterocycles. The van der Waals surface area contributed by atoms with Crippen molar-refractivity contribution in [1.29, 1.82) is 0 Å². The van der Waals surface area contributed by atoms with Crippen molar-refractivity contribution in [2.24, 2.45) is 4.99 Å². The minimum atomic E-state index is -0.00224. The molecular weight excluding hydrogens is 392 g/mol. The molecule has 2 amide bonds. The Balaban J connectivity index is 1.82. The number of nitrogens with one attached hydrogen (secondary N) is 2. The number of likely N-dealkylation sites (tertiary alicyclic amines) is 1. The van der Waals surface area contributed by atoms with Crippen molar-refractivity contribution in [2.75, 3.05) is 54.4 Å². The predicted octanol–water partition coefficient (Wildman–Crippen LogP) is 1.39. The fraction of sp³-hybridized carbons (Fsp3) is 0.609. The molecule has 0 saturated carbocycles. The lowest BCUT2D eigenvalue weighted by atomic mass is 10.1. The normalized spacial score (nSPS) is 16.8. The molecule has 0 spiro atoms. The molecule has 8 nitrogen and oxygen atoms in total. The minimum absolute atomic E-state index is 0.00224. The number of rotatable bonds is 9. The fourth-order valence-corrected chi connectivity index (χ4v) is 3.68. The Morgan fingerprint density at radius 2 is 1.81 bits per heavy atom. The molecule has 31 heavy (non-hydrogen) atoms. The summed E-state index contributed by atoms with van der Waals surface area (Å²) in [5.41, 5.74) is 1.73. The van der Waals surface area contributed by atoms with Crippen LogP contribution in [0.3, 0.4) is 0 Å². The maximum Gasteiger partial charge on any atom is 0.253 e. The van der Waals surface area contributed by atoms with Crippen LogP contribution >= 0.6 is 0 Å². The Morgan fingerprint density at radius 3 is 2.42 bits per heavy atom. The molecule has 1 aromatic carbocycles. The lowest BCUT2D eigenvalue weighted by Gasteiger charge is -2.26. The Hall–Kier alpha value is -2.61. The van der Waals surface area contributed by atoms with Crippen molar-refractivity contribution >= 4 is 17.8 Å². The summed E-state index contributed by atoms with van der Waals surface area (Å²) in [5.74, 6) is 0.981. The van der Waals surface area contributed by atoms with Gasteiger partial charge < -0.3 is 20.4 Å². The quantitative estimate of drug-likeness (QED) is 0.352. The van der Waals surface area contributed by atoms with E-state index in [1.807, 2.05) is 45.3 Å². The fourth-order valence-electron chi connectivity index (χ4n) is 3.68. The first-order valence-corrected chi connectivity index (χ1v) is 11.1. The zero-order valence-corrected chi connectivity index (χ0v) is 19.6. The molecule has 1 unspecified atom stereocenters. The molecule has 8 heteroatoms. The van der Waals surface area contributed by atoms with Gasteiger partial charge in [0.05, 0.1) is 12.6 Å². The van der Waals surface area contributed by atoms with Crippen LogP contribution < -0.4 is 10.6 Å². The Labute approximate surface area is 186 Å². The largest absolute Gasteiger partial charge is 0.357 e. The van der Waals surface area contributed by atoms with Crippen LogP contribution in [0.1, 0.15) is 42.1 Å². The number of carbonyl (C=O) groups excluding carboxylic acids is 2. The number of guanidine groups is 1. The highest BCUT2D eigenvalue weighted by atomic mass is 16.2. The first-order chi connectivity index (χ1) is 14.8. The van der Waals surface area contributed by atoms with Gasteiger partial charge in [-0.2, -0.15) is 0 Å². The van der Waals surface area contributed by atoms with Crippen molar-refractivity contribution in [3.8, 4) is 0 Å². The van der Waals surface area contributed by atoms with Crippen LogP contribution in [0.15, 0.2) is 29.3 Å². The maximum atomic E-state index is 12.3. The van der Waals surface area contributed by atoms with E-state index in [1.165, 1.54) is 0 Å². The summed E-state index contributed by atoms with van der Waals surface area (Å²) in [5, 5.41) is 6.65. The lowest BCUT2D eigenvalue weighted by molar-refractivity contribution is -0.133. The molecule has 1 saturated heterocycles. The molecule has 1 aliphatic heterocycles. The highest BCUT2D eigenvalue weighted by Gasteiger charge is 2.30. The van der Waals surface area contributed by atoms with Gasteiger partial charge in [-0.3, -0.25) is 14.5 Å². The Kier molecular flexibility index (Phi) is 9.78. The van der Waals surface area contributed by atoms with Crippen LogP contribution in [0.2, 0.25) is 0 Å². The number of carbonyl (C=O) groups is 2. The average molecular weight is 431 g/mol. The molecule has 1 aliphatic rings. The summed E-state index contributed by atoms with van der Waals surface area (Å²) in [4.78, 5) is 34.5. The lowest BCUT2D eigenvalue weighted by Crippen LogP contribution is -2.44. The van der Waals surface area contributed by atoms with Gasteiger partial charge in [-0.15, -0.1) is 0 Å². The topological polar surface area (TPSA) is 80.3 Å². The summed E-state index contributed by atoms with van der Waals surface area (Å²) in [6.45, 7) is 6.05. The van der Waals surface area contributed by atoms with Crippen LogP contribution in [0.25, 0.3) is 0 Å². The van der Waals surface area contributed by atoms with E-state index in [1.54, 1.807) is 23.9 Å². The van der Waals surface area contributed by atoms with Crippen molar-refractivity contribution in [2.45, 2.75) is 38.8 Å². The van der Waals surface area contributed by atoms with Gasteiger partial charge >= 0.3 is 0 Å². The smallest absolute Gasteiger partial charge is 0.253 e. The van der Waals surface area contributed by atoms with E-state index in [0.717, 1.165) is 57.0 Å². The molecular formula is C23H38N6O2. The van der Waals surface area contributed by atoms with Crippen LogP contribution in [0, 0.1) is 0 Å². The van der Waals surface area contributed by atoms with Crippen LogP contribution in [-0.2, 0) is 11.3 Å². The molecule has 1 fully saturated rings. The number of hydrogen-bond acceptors (Lipinski definition) is 4. The van der Waals surface area contributed by atoms with Gasteiger partial charge in [0.2, 0.25) is 5.91 Å². The second-order valence-electron chi connectivity index (χ2n) is 8.30. The molecule has 172 valence electrons. The minimum Gasteiger partial charge on any atom is -0.357 e. The van der Waals surface area contributed by atoms with Crippen LogP contribution in [0.4, 0.5) is 0 Å². The third-order valence-corrected chi connectivity index (χ3v) is 5.38. The zero-order valence-electron chi connectivity index (χ0n) is 19.6. The van der Waals surface area contributed by atoms with E-state index in [-0.39, 0.29) is 17.9 Å². The maximum absolute atomic E-state index is 12.3. The number of benzene rings is 1. The third kappa shape index (κ3) is 7.54. The van der Waals surface area contributed by atoms with E-state index >= 15 is 0 Å². The molecule has 1 heterocycles. The van der Waals surface area contributed by atoms with Gasteiger partial charge in [-0.25, -0.2) is 4.99 Å². The van der Waals surface area contributed by atoms with Gasteiger partial charge in [-0.05, 0) is 50.4 Å². The summed E-state index contributed by atoms with van der Waals surface area (Å²) in [6.07, 6.45) is 2.98. The van der Waals surface area contributed by atoms with Gasteiger partial charge in [0, 0.05) is 53.4 Å². The number of hydrogen-bond donors (Lipinski definition) is 2. The summed E-state index contributed by atoms with van der Waals surface area (Å²) < 4.78 is 0. The SMILES string of the molecule is CCNC(=NCc1ccc(C(=O)N(C)C)cc1)NCCCN1CCCC1C(=O)N(C)C. The highest BCUT2D eigenvalue weighted by Crippen LogP contribution is 2.18. The molecule has 2 rings (SSSR count). The van der Waals surface area contributed by atoms with Gasteiger partial charge in [0.25, 0.3) is 5.91 Å². The molecule has 0 radical (unpaired) electrons. The van der Waals surface area contributed by atoms with E-state index in [4.69, 9.17) is 0 Å². The van der Waals surface area contributed by atoms with E-state index in [0.29, 0.717) is 12.1 Å². The third-order valence-electron chi connectivity index (χ3n) is 5.38. The second kappa shape index (κ2) is 12.3. The number of amides is 2. The van der Waals surface area contributed by atoms with Gasteiger partial charge in [0.15, 0.2) is 5.96 Å². The standard InChI is InChI=1S/C23H38N6O2/c1-6-24-23(26-17-18-10-12-19(13-11-18)21(30)27(2)3)25-14-8-16-29-15-7-9-20(29)22(31)28(4)5/h10-13,20H,6-9,14-17H2,1-5H3,(H2,24,25,26). The van der Waals surface area contributed by atoms with E-state index in [9.17, 15) is 9.59 Å². The molecule has 0 aliphatic carbocycles. The van der Waals surface area contributed by atoms with Crippen molar-refractivity contribution in [1.82, 2.24) is 25.3 Å². The molecule has 1 atom stereocenters. The predicted molar refractivity (Wildman–Crippen MR) is 125 cm³/mol. The van der Waals surface area contributed by atoms with E-state index in [2.05, 4.69) is 20.5 Å². The Morgan fingerprint density at radius 1 is 1.10 bits per heavy atom. The Bertz CT molecular complexity index is 745. The number of nitrogens with zero attached hydrogens (tertiary/aromatic N) is 4. The van der Waals surface area contributed by atoms with Gasteiger partial charge in [0.1, 0.15) is 0 Å². The van der Waals surface area contributed by atoms with Crippen LogP contribution in [-0.4, -0.2) is 92.9 Å². The van der Waals surface area contributed by atoms with Gasteiger partial charge in [-0.1, -0.05) is 12.1 Å². The molecule has 2 N–H and O–H groups in total. The summed E-state index contributed by atoms with van der Waals surface area (Å²) in [6, 6.07) is 7.60. The average Bonchev–Trinajstić information content (AvgIpc) is 3.22. The van der Waals surface area contributed by atoms with Crippen molar-refractivity contribution < 1.29 is 9.59 Å². The molecule has 1 aromatic rings. The summed E-state index contributed by atoms with van der Waals surface area (Å²) in [7, 11) is 7.15. The van der Waals surface area contributed by atoms with E-state index < -0.39 is 0 Å². The van der Waals surface area contributed by atoms with Crippen molar-refractivity contribution in [3.63, 3.8) is 0 Å². The number of likely N-dealkylation sites (N-methyl/N-ethyl adjacent to an activating group) is 1. The second-order valence-corrected chi connectivity index (χ2v) is 8.30. The monoisotopic (exact) mass is 430 g/mol.